The Balaban J connectivity index is 4.44. The molecule has 0 aliphatic carbocycles. The van der Waals surface area contributed by atoms with Crippen LogP contribution in [0.5, 0.6) is 0 Å². The SMILES string of the molecule is COC(=O)N(C(S)CS)C(S)CS. The summed E-state index contributed by atoms with van der Waals surface area (Å²) in [5.41, 5.74) is 0. The van der Waals surface area contributed by atoms with Crippen molar-refractivity contribution in [1.29, 1.82) is 0 Å². The lowest BCUT2D eigenvalue weighted by molar-refractivity contribution is 0.121. The van der Waals surface area contributed by atoms with Crippen molar-refractivity contribution < 1.29 is 9.53 Å². The van der Waals surface area contributed by atoms with E-state index in [0.29, 0.717) is 11.5 Å². The first-order chi connectivity index (χ1) is 6.08. The number of carbonyl (C=O) groups excluding carboxylic acids is 1. The first-order valence-corrected chi connectivity index (χ1v) is 5.82. The molecule has 0 N–H and O–H groups in total. The number of carbonyl (C=O) groups is 1. The maximum Gasteiger partial charge on any atom is 0.411 e. The molecule has 0 aliphatic heterocycles. The predicted molar refractivity (Wildman–Crippen MR) is 67.5 cm³/mol. The van der Waals surface area contributed by atoms with Gasteiger partial charge in [0.05, 0.1) is 17.9 Å². The molecule has 0 spiro atoms. The fourth-order valence-corrected chi connectivity index (χ4v) is 1.69. The molecule has 0 heterocycles. The molecule has 0 saturated heterocycles. The Hall–Kier alpha value is 0.670. The van der Waals surface area contributed by atoms with Crippen molar-refractivity contribution in [3.63, 3.8) is 0 Å². The number of amides is 1. The molecule has 0 bridgehead atoms. The van der Waals surface area contributed by atoms with Crippen molar-refractivity contribution >= 4 is 56.6 Å². The van der Waals surface area contributed by atoms with Gasteiger partial charge in [-0.05, 0) is 0 Å². The number of ether oxygens (including phenoxy) is 1. The van der Waals surface area contributed by atoms with Crippen LogP contribution in [0.4, 0.5) is 4.79 Å². The number of hydrogen-bond donors (Lipinski definition) is 4. The van der Waals surface area contributed by atoms with Crippen LogP contribution < -0.4 is 0 Å². The molecule has 0 aromatic rings. The van der Waals surface area contributed by atoms with Crippen LogP contribution in [-0.2, 0) is 4.74 Å². The highest BCUT2D eigenvalue weighted by atomic mass is 32.1. The first kappa shape index (κ1) is 13.7. The maximum absolute atomic E-state index is 11.3. The van der Waals surface area contributed by atoms with E-state index >= 15 is 0 Å². The topological polar surface area (TPSA) is 29.5 Å². The molecule has 78 valence electrons. The van der Waals surface area contributed by atoms with E-state index in [-0.39, 0.29) is 10.7 Å². The summed E-state index contributed by atoms with van der Waals surface area (Å²) >= 11 is 16.4. The van der Waals surface area contributed by atoms with Gasteiger partial charge in [0.25, 0.3) is 0 Å². The number of thiol groups is 4. The molecule has 0 fully saturated rings. The molecular formula is C6H13NO2S4. The minimum absolute atomic E-state index is 0.314. The zero-order valence-electron chi connectivity index (χ0n) is 7.12. The number of methoxy groups -OCH3 is 1. The summed E-state index contributed by atoms with van der Waals surface area (Å²) in [6.07, 6.45) is -0.469. The lowest BCUT2D eigenvalue weighted by Crippen LogP contribution is -2.44. The third-order valence-electron chi connectivity index (χ3n) is 1.35. The van der Waals surface area contributed by atoms with Gasteiger partial charge in [0.15, 0.2) is 0 Å². The molecule has 0 aromatic heterocycles. The lowest BCUT2D eigenvalue weighted by Gasteiger charge is -2.30. The maximum atomic E-state index is 11.3. The van der Waals surface area contributed by atoms with Gasteiger partial charge < -0.3 is 4.74 Å². The Bertz CT molecular complexity index is 159. The Morgan fingerprint density at radius 3 is 1.92 bits per heavy atom. The highest BCUT2D eigenvalue weighted by Crippen LogP contribution is 2.16. The summed E-state index contributed by atoms with van der Waals surface area (Å²) in [5.74, 6) is 0.867. The van der Waals surface area contributed by atoms with E-state index in [4.69, 9.17) is 0 Å². The van der Waals surface area contributed by atoms with E-state index in [1.807, 2.05) is 0 Å². The highest BCUT2D eigenvalue weighted by Gasteiger charge is 2.25. The molecule has 1 amide bonds. The monoisotopic (exact) mass is 259 g/mol. The van der Waals surface area contributed by atoms with Gasteiger partial charge in [0, 0.05) is 11.5 Å². The zero-order valence-corrected chi connectivity index (χ0v) is 10.7. The average Bonchev–Trinajstić information content (AvgIpc) is 2.16. The summed E-state index contributed by atoms with van der Waals surface area (Å²) in [6, 6.07) is 0. The summed E-state index contributed by atoms with van der Waals surface area (Å²) in [5, 5.41) is -0.629. The minimum atomic E-state index is -0.469. The van der Waals surface area contributed by atoms with Crippen molar-refractivity contribution in [2.24, 2.45) is 0 Å². The second kappa shape index (κ2) is 7.03. The van der Waals surface area contributed by atoms with Gasteiger partial charge in [0.2, 0.25) is 0 Å². The number of nitrogens with zero attached hydrogens (tertiary/aromatic N) is 1. The van der Waals surface area contributed by atoms with Gasteiger partial charge >= 0.3 is 6.09 Å². The largest absolute Gasteiger partial charge is 0.453 e. The van der Waals surface area contributed by atoms with Crippen molar-refractivity contribution in [3.8, 4) is 0 Å². The molecule has 0 aromatic carbocycles. The fraction of sp³-hybridized carbons (Fsp3) is 0.833. The third-order valence-corrected chi connectivity index (χ3v) is 3.48. The smallest absolute Gasteiger partial charge is 0.411 e. The lowest BCUT2D eigenvalue weighted by atomic mass is 10.5. The van der Waals surface area contributed by atoms with Gasteiger partial charge in [-0.25, -0.2) is 4.79 Å². The standard InChI is InChI=1S/C6H13NO2S4/c1-9-6(8)7(4(12)2-10)5(13)3-11/h4-5,10-13H,2-3H2,1H3. The van der Waals surface area contributed by atoms with E-state index < -0.39 is 6.09 Å². The Morgan fingerprint density at radius 2 is 1.69 bits per heavy atom. The van der Waals surface area contributed by atoms with E-state index in [2.05, 4.69) is 55.3 Å². The predicted octanol–water partition coefficient (Wildman–Crippen LogP) is 1.43. The van der Waals surface area contributed by atoms with Crippen molar-refractivity contribution in [2.45, 2.75) is 10.7 Å². The molecule has 0 saturated carbocycles. The fourth-order valence-electron chi connectivity index (χ4n) is 0.723. The third kappa shape index (κ3) is 4.14. The van der Waals surface area contributed by atoms with Gasteiger partial charge in [-0.1, -0.05) is 0 Å². The van der Waals surface area contributed by atoms with Gasteiger partial charge in [-0.2, -0.15) is 50.5 Å². The van der Waals surface area contributed by atoms with Gasteiger partial charge in [0.1, 0.15) is 0 Å². The summed E-state index contributed by atoms with van der Waals surface area (Å²) in [6.45, 7) is 0. The van der Waals surface area contributed by atoms with Crippen LogP contribution in [0.15, 0.2) is 0 Å². The summed E-state index contributed by atoms with van der Waals surface area (Å²) < 4.78 is 4.58. The Kier molecular flexibility index (Phi) is 7.39. The molecule has 13 heavy (non-hydrogen) atoms. The van der Waals surface area contributed by atoms with E-state index in [1.54, 1.807) is 0 Å². The molecular weight excluding hydrogens is 246 g/mol. The van der Waals surface area contributed by atoms with E-state index in [9.17, 15) is 4.79 Å². The quantitative estimate of drug-likeness (QED) is 0.454. The van der Waals surface area contributed by atoms with Crippen molar-refractivity contribution in [2.75, 3.05) is 18.6 Å². The molecule has 7 heteroatoms. The van der Waals surface area contributed by atoms with Crippen LogP contribution in [0.3, 0.4) is 0 Å². The van der Waals surface area contributed by atoms with Crippen molar-refractivity contribution in [1.82, 2.24) is 4.90 Å². The Morgan fingerprint density at radius 1 is 1.31 bits per heavy atom. The first-order valence-electron chi connectivity index (χ1n) is 3.52. The second-order valence-corrected chi connectivity index (χ2v) is 4.13. The van der Waals surface area contributed by atoms with Gasteiger partial charge in [-0.15, -0.1) is 0 Å². The second-order valence-electron chi connectivity index (χ2n) is 2.20. The van der Waals surface area contributed by atoms with Crippen molar-refractivity contribution in [3.05, 3.63) is 0 Å². The average molecular weight is 259 g/mol. The van der Waals surface area contributed by atoms with Crippen LogP contribution in [0, 0.1) is 0 Å². The zero-order chi connectivity index (χ0) is 10.4. The normalized spacial score (nSPS) is 14.8. The molecule has 2 atom stereocenters. The molecule has 0 radical (unpaired) electrons. The molecule has 2 unspecified atom stereocenters. The molecule has 3 nitrogen and oxygen atoms in total. The minimum Gasteiger partial charge on any atom is -0.453 e. The van der Waals surface area contributed by atoms with Crippen LogP contribution in [0.2, 0.25) is 0 Å². The summed E-state index contributed by atoms with van der Waals surface area (Å²) in [4.78, 5) is 12.6. The number of rotatable bonds is 4. The van der Waals surface area contributed by atoms with E-state index in [1.165, 1.54) is 12.0 Å². The highest BCUT2D eigenvalue weighted by molar-refractivity contribution is 7.85. The number of hydrogen-bond acceptors (Lipinski definition) is 6. The Labute approximate surface area is 100 Å². The van der Waals surface area contributed by atoms with Crippen LogP contribution in [0.1, 0.15) is 0 Å². The summed E-state index contributed by atoms with van der Waals surface area (Å²) in [7, 11) is 1.31. The molecule has 0 aliphatic rings. The van der Waals surface area contributed by atoms with Crippen LogP contribution >= 0.6 is 50.5 Å². The van der Waals surface area contributed by atoms with Gasteiger partial charge in [-0.3, -0.25) is 4.90 Å². The van der Waals surface area contributed by atoms with Crippen LogP contribution in [0.25, 0.3) is 0 Å². The molecule has 0 rings (SSSR count). The van der Waals surface area contributed by atoms with E-state index in [0.717, 1.165) is 0 Å². The van der Waals surface area contributed by atoms with Crippen LogP contribution in [-0.4, -0.2) is 40.4 Å².